The molecule has 8 aromatic carbocycles. The highest BCUT2D eigenvalue weighted by atomic mass is 15.1. The molecular formula is C40H27N. The van der Waals surface area contributed by atoms with Crippen LogP contribution >= 0.6 is 0 Å². The molecule has 0 N–H and O–H groups in total. The van der Waals surface area contributed by atoms with Crippen molar-refractivity contribution in [3.8, 4) is 11.1 Å². The standard InChI is InChI=1S/C40H27N/c1-2-15-30(16-3-1)39-36-22-10-8-20-34(36)35-21-9-11-23-37(35)40(39)41(32-26-25-28-13-4-5-17-31(28)27-32)38-24-12-18-29-14-6-7-19-33(29)38/h1-27H. The van der Waals surface area contributed by atoms with E-state index < -0.39 is 0 Å². The summed E-state index contributed by atoms with van der Waals surface area (Å²) >= 11 is 0. The summed E-state index contributed by atoms with van der Waals surface area (Å²) in [4.78, 5) is 2.49. The maximum atomic E-state index is 2.49. The van der Waals surface area contributed by atoms with Gasteiger partial charge in [0.25, 0.3) is 0 Å². The number of nitrogens with zero attached hydrogens (tertiary/aromatic N) is 1. The molecule has 0 aliphatic heterocycles. The van der Waals surface area contributed by atoms with Gasteiger partial charge in [0.2, 0.25) is 0 Å². The van der Waals surface area contributed by atoms with Crippen LogP contribution < -0.4 is 4.90 Å². The van der Waals surface area contributed by atoms with Crippen molar-refractivity contribution in [2.24, 2.45) is 0 Å². The van der Waals surface area contributed by atoms with Crippen molar-refractivity contribution in [1.82, 2.24) is 0 Å². The second-order valence-corrected chi connectivity index (χ2v) is 10.5. The highest BCUT2D eigenvalue weighted by Gasteiger charge is 2.24. The minimum Gasteiger partial charge on any atom is -0.309 e. The van der Waals surface area contributed by atoms with Gasteiger partial charge in [-0.15, -0.1) is 0 Å². The van der Waals surface area contributed by atoms with Crippen LogP contribution in [-0.4, -0.2) is 0 Å². The molecule has 1 nitrogen and oxygen atoms in total. The molecule has 0 saturated carbocycles. The summed E-state index contributed by atoms with van der Waals surface area (Å²) in [7, 11) is 0. The summed E-state index contributed by atoms with van der Waals surface area (Å²) in [5.41, 5.74) is 5.93. The molecule has 8 aromatic rings. The molecule has 0 aliphatic carbocycles. The van der Waals surface area contributed by atoms with Gasteiger partial charge in [0.1, 0.15) is 0 Å². The zero-order chi connectivity index (χ0) is 27.2. The number of benzene rings is 8. The van der Waals surface area contributed by atoms with E-state index in [9.17, 15) is 0 Å². The molecule has 0 aliphatic rings. The Kier molecular flexibility index (Phi) is 5.53. The molecule has 0 unspecified atom stereocenters. The average Bonchev–Trinajstić information content (AvgIpc) is 3.05. The monoisotopic (exact) mass is 521 g/mol. The minimum atomic E-state index is 1.14. The summed E-state index contributed by atoms with van der Waals surface area (Å²) in [6, 6.07) is 59.3. The number of fused-ring (bicyclic) bond motifs is 5. The summed E-state index contributed by atoms with van der Waals surface area (Å²) in [6.45, 7) is 0. The van der Waals surface area contributed by atoms with Crippen LogP contribution in [-0.2, 0) is 0 Å². The molecule has 0 saturated heterocycles. The molecular weight excluding hydrogens is 494 g/mol. The van der Waals surface area contributed by atoms with Crippen LogP contribution in [0.2, 0.25) is 0 Å². The van der Waals surface area contributed by atoms with Gasteiger partial charge in [-0.05, 0) is 56.1 Å². The smallest absolute Gasteiger partial charge is 0.0625 e. The Labute approximate surface area is 239 Å². The van der Waals surface area contributed by atoms with Crippen molar-refractivity contribution in [2.45, 2.75) is 0 Å². The highest BCUT2D eigenvalue weighted by Crippen LogP contribution is 2.50. The second kappa shape index (κ2) is 9.66. The summed E-state index contributed by atoms with van der Waals surface area (Å²) in [5.74, 6) is 0. The summed E-state index contributed by atoms with van der Waals surface area (Å²) < 4.78 is 0. The van der Waals surface area contributed by atoms with Gasteiger partial charge in [-0.1, -0.05) is 146 Å². The molecule has 0 atom stereocenters. The van der Waals surface area contributed by atoms with Crippen molar-refractivity contribution in [2.75, 3.05) is 4.90 Å². The Morgan fingerprint density at radius 2 is 0.902 bits per heavy atom. The van der Waals surface area contributed by atoms with E-state index in [1.807, 2.05) is 0 Å². The predicted molar refractivity (Wildman–Crippen MR) is 177 cm³/mol. The van der Waals surface area contributed by atoms with Gasteiger partial charge < -0.3 is 4.90 Å². The molecule has 0 spiro atoms. The van der Waals surface area contributed by atoms with Crippen molar-refractivity contribution < 1.29 is 0 Å². The fourth-order valence-electron chi connectivity index (χ4n) is 6.36. The normalized spacial score (nSPS) is 11.4. The van der Waals surface area contributed by atoms with Gasteiger partial charge in [0.05, 0.1) is 11.4 Å². The Bertz CT molecular complexity index is 2210. The second-order valence-electron chi connectivity index (χ2n) is 10.5. The van der Waals surface area contributed by atoms with Gasteiger partial charge in [-0.3, -0.25) is 0 Å². The number of hydrogen-bond acceptors (Lipinski definition) is 1. The van der Waals surface area contributed by atoms with Crippen LogP contribution in [0.5, 0.6) is 0 Å². The lowest BCUT2D eigenvalue weighted by molar-refractivity contribution is 1.32. The number of hydrogen-bond donors (Lipinski definition) is 0. The quantitative estimate of drug-likeness (QED) is 0.208. The number of anilines is 3. The van der Waals surface area contributed by atoms with Crippen LogP contribution in [0.15, 0.2) is 164 Å². The molecule has 8 rings (SSSR count). The van der Waals surface area contributed by atoms with Crippen LogP contribution in [0.25, 0.3) is 54.2 Å². The average molecular weight is 522 g/mol. The maximum Gasteiger partial charge on any atom is 0.0625 e. The first kappa shape index (κ1) is 23.5. The van der Waals surface area contributed by atoms with E-state index in [-0.39, 0.29) is 0 Å². The first-order valence-electron chi connectivity index (χ1n) is 14.1. The van der Waals surface area contributed by atoms with Crippen LogP contribution in [0.3, 0.4) is 0 Å². The van der Waals surface area contributed by atoms with E-state index >= 15 is 0 Å². The van der Waals surface area contributed by atoms with Gasteiger partial charge in [0, 0.05) is 22.0 Å². The third-order valence-corrected chi connectivity index (χ3v) is 8.19. The molecule has 41 heavy (non-hydrogen) atoms. The van der Waals surface area contributed by atoms with Gasteiger partial charge in [-0.2, -0.15) is 0 Å². The van der Waals surface area contributed by atoms with Crippen LogP contribution in [0.1, 0.15) is 0 Å². The van der Waals surface area contributed by atoms with Gasteiger partial charge in [-0.25, -0.2) is 0 Å². The molecule has 0 amide bonds. The minimum absolute atomic E-state index is 1.14. The Hall–Kier alpha value is -5.40. The molecule has 0 radical (unpaired) electrons. The SMILES string of the molecule is c1ccc(-c2c(N(c3ccc4ccccc4c3)c3cccc4ccccc34)c3ccccc3c3ccccc23)cc1. The van der Waals surface area contributed by atoms with Crippen molar-refractivity contribution >= 4 is 60.2 Å². The molecule has 0 bridgehead atoms. The lowest BCUT2D eigenvalue weighted by atomic mass is 9.89. The van der Waals surface area contributed by atoms with Crippen molar-refractivity contribution in [3.63, 3.8) is 0 Å². The van der Waals surface area contributed by atoms with E-state index in [0.717, 1.165) is 11.4 Å². The van der Waals surface area contributed by atoms with Crippen molar-refractivity contribution in [3.05, 3.63) is 164 Å². The van der Waals surface area contributed by atoms with E-state index in [0.29, 0.717) is 0 Å². The lowest BCUT2D eigenvalue weighted by Gasteiger charge is -2.31. The maximum absolute atomic E-state index is 2.49. The topological polar surface area (TPSA) is 3.24 Å². The summed E-state index contributed by atoms with van der Waals surface area (Å²) in [5, 5.41) is 9.90. The summed E-state index contributed by atoms with van der Waals surface area (Å²) in [6.07, 6.45) is 0. The van der Waals surface area contributed by atoms with Crippen molar-refractivity contribution in [1.29, 1.82) is 0 Å². The van der Waals surface area contributed by atoms with E-state index in [2.05, 4.69) is 169 Å². The van der Waals surface area contributed by atoms with E-state index in [1.54, 1.807) is 0 Å². The number of rotatable bonds is 4. The third kappa shape index (κ3) is 3.86. The lowest BCUT2D eigenvalue weighted by Crippen LogP contribution is -2.13. The van der Waals surface area contributed by atoms with Crippen LogP contribution in [0.4, 0.5) is 17.1 Å². The Balaban J connectivity index is 1.59. The van der Waals surface area contributed by atoms with Gasteiger partial charge >= 0.3 is 0 Å². The zero-order valence-electron chi connectivity index (χ0n) is 22.5. The third-order valence-electron chi connectivity index (χ3n) is 8.19. The van der Waals surface area contributed by atoms with E-state index in [4.69, 9.17) is 0 Å². The molecule has 1 heteroatoms. The van der Waals surface area contributed by atoms with E-state index in [1.165, 1.54) is 59.9 Å². The zero-order valence-corrected chi connectivity index (χ0v) is 22.5. The Morgan fingerprint density at radius 1 is 0.341 bits per heavy atom. The van der Waals surface area contributed by atoms with Crippen LogP contribution in [0, 0.1) is 0 Å². The molecule has 0 fully saturated rings. The fraction of sp³-hybridized carbons (Fsp3) is 0. The highest BCUT2D eigenvalue weighted by molar-refractivity contribution is 6.23. The first-order chi connectivity index (χ1) is 20.4. The first-order valence-corrected chi connectivity index (χ1v) is 14.1. The Morgan fingerprint density at radius 3 is 1.68 bits per heavy atom. The molecule has 0 heterocycles. The van der Waals surface area contributed by atoms with Gasteiger partial charge in [0.15, 0.2) is 0 Å². The predicted octanol–water partition coefficient (Wildman–Crippen LogP) is 11.4. The fourth-order valence-corrected chi connectivity index (χ4v) is 6.36. The molecule has 192 valence electrons. The largest absolute Gasteiger partial charge is 0.309 e. The molecule has 0 aromatic heterocycles.